The van der Waals surface area contributed by atoms with Crippen LogP contribution in [-0.2, 0) is 4.79 Å². The molecular weight excluding hydrogens is 136 g/mol. The van der Waals surface area contributed by atoms with Gasteiger partial charge in [0, 0.05) is 11.8 Å². The average molecular weight is 155 g/mol. The Labute approximate surface area is 70.2 Å². The smallest absolute Gasteiger partial charge is 0.138 e. The first kappa shape index (κ1) is 10.7. The predicted molar refractivity (Wildman–Crippen MR) is 48.3 cm³/mol. The van der Waals surface area contributed by atoms with E-state index in [1.807, 2.05) is 20.8 Å². The van der Waals surface area contributed by atoms with Gasteiger partial charge in [0.05, 0.1) is 0 Å². The molecule has 0 rings (SSSR count). The predicted octanol–water partition coefficient (Wildman–Crippen LogP) is 3.00. The van der Waals surface area contributed by atoms with Gasteiger partial charge in [0.1, 0.15) is 5.78 Å². The molecule has 0 aliphatic carbocycles. The van der Waals surface area contributed by atoms with Crippen LogP contribution in [0.2, 0.25) is 0 Å². The minimum atomic E-state index is -0.141. The normalized spacial score (nSPS) is 11.6. The van der Waals surface area contributed by atoms with Gasteiger partial charge in [0.25, 0.3) is 0 Å². The van der Waals surface area contributed by atoms with Crippen molar-refractivity contribution in [1.82, 2.24) is 0 Å². The Morgan fingerprint density at radius 1 is 1.45 bits per heavy atom. The monoisotopic (exact) mass is 155 g/mol. The molecule has 0 atom stereocenters. The van der Waals surface area contributed by atoms with E-state index < -0.39 is 0 Å². The quantitative estimate of drug-likeness (QED) is 0.596. The topological polar surface area (TPSA) is 17.1 Å². The van der Waals surface area contributed by atoms with Crippen LogP contribution in [0.25, 0.3) is 0 Å². The maximum atomic E-state index is 11.4. The van der Waals surface area contributed by atoms with Crippen LogP contribution < -0.4 is 0 Å². The molecule has 1 nitrogen and oxygen atoms in total. The third kappa shape index (κ3) is 3.54. The van der Waals surface area contributed by atoms with Gasteiger partial charge in [0.15, 0.2) is 0 Å². The van der Waals surface area contributed by atoms with Gasteiger partial charge in [0.2, 0.25) is 0 Å². The van der Waals surface area contributed by atoms with Gasteiger partial charge in [-0.15, -0.1) is 0 Å². The molecule has 65 valence electrons. The van der Waals surface area contributed by atoms with Gasteiger partial charge in [-0.2, -0.15) is 0 Å². The van der Waals surface area contributed by atoms with Gasteiger partial charge in [-0.05, 0) is 12.8 Å². The summed E-state index contributed by atoms with van der Waals surface area (Å²) in [4.78, 5) is 11.4. The number of hydrogen-bond donors (Lipinski definition) is 0. The van der Waals surface area contributed by atoms with Crippen LogP contribution in [-0.4, -0.2) is 5.78 Å². The lowest BCUT2D eigenvalue weighted by Gasteiger charge is -2.21. The summed E-state index contributed by atoms with van der Waals surface area (Å²) in [5, 5.41) is 0. The molecule has 0 aliphatic heterocycles. The van der Waals surface area contributed by atoms with Crippen LogP contribution in [0.5, 0.6) is 0 Å². The van der Waals surface area contributed by atoms with E-state index in [9.17, 15) is 4.79 Å². The maximum Gasteiger partial charge on any atom is 0.138 e. The molecule has 0 aromatic heterocycles. The van der Waals surface area contributed by atoms with Crippen molar-refractivity contribution in [3.8, 4) is 0 Å². The van der Waals surface area contributed by atoms with Crippen molar-refractivity contribution in [3.63, 3.8) is 0 Å². The highest BCUT2D eigenvalue weighted by Crippen LogP contribution is 2.25. The summed E-state index contributed by atoms with van der Waals surface area (Å²) >= 11 is 0. The zero-order chi connectivity index (χ0) is 8.91. The second-order valence-corrected chi connectivity index (χ2v) is 3.66. The van der Waals surface area contributed by atoms with Crippen LogP contribution in [0.15, 0.2) is 0 Å². The third-order valence-electron chi connectivity index (χ3n) is 2.03. The van der Waals surface area contributed by atoms with Crippen molar-refractivity contribution in [2.75, 3.05) is 0 Å². The van der Waals surface area contributed by atoms with Gasteiger partial charge in [-0.1, -0.05) is 34.1 Å². The highest BCUT2D eigenvalue weighted by Gasteiger charge is 2.24. The van der Waals surface area contributed by atoms with E-state index in [4.69, 9.17) is 0 Å². The Kier molecular flexibility index (Phi) is 4.39. The second kappa shape index (κ2) is 4.53. The Balaban J connectivity index is 3.94. The molecule has 0 aromatic rings. The molecule has 0 bridgehead atoms. The number of carbonyl (C=O) groups is 1. The molecule has 0 heterocycles. The van der Waals surface area contributed by atoms with Gasteiger partial charge >= 0.3 is 0 Å². The number of ketones is 1. The van der Waals surface area contributed by atoms with E-state index in [0.717, 1.165) is 19.3 Å². The SMILES string of the molecule is [CH2]CCC(C)(C)C(=O)CCC. The number of hydrogen-bond acceptors (Lipinski definition) is 1. The Morgan fingerprint density at radius 3 is 2.36 bits per heavy atom. The molecule has 0 aliphatic rings. The van der Waals surface area contributed by atoms with Crippen molar-refractivity contribution in [1.29, 1.82) is 0 Å². The van der Waals surface area contributed by atoms with Crippen LogP contribution >= 0.6 is 0 Å². The molecular formula is C10H19O. The summed E-state index contributed by atoms with van der Waals surface area (Å²) in [5.74, 6) is 0.378. The fourth-order valence-corrected chi connectivity index (χ4v) is 1.15. The van der Waals surface area contributed by atoms with Crippen LogP contribution in [0, 0.1) is 12.3 Å². The second-order valence-electron chi connectivity index (χ2n) is 3.66. The number of Topliss-reactive ketones (excluding diaryl/α,β-unsaturated/α-hetero) is 1. The molecule has 0 N–H and O–H groups in total. The van der Waals surface area contributed by atoms with E-state index in [0.29, 0.717) is 12.2 Å². The Hall–Kier alpha value is -0.330. The van der Waals surface area contributed by atoms with Crippen LogP contribution in [0.3, 0.4) is 0 Å². The van der Waals surface area contributed by atoms with E-state index in [1.54, 1.807) is 0 Å². The summed E-state index contributed by atoms with van der Waals surface area (Å²) in [6.07, 6.45) is 3.43. The first-order chi connectivity index (χ1) is 5.04. The van der Waals surface area contributed by atoms with E-state index in [2.05, 4.69) is 6.92 Å². The zero-order valence-corrected chi connectivity index (χ0v) is 7.94. The summed E-state index contributed by atoms with van der Waals surface area (Å²) in [5.41, 5.74) is -0.141. The maximum absolute atomic E-state index is 11.4. The molecule has 1 heteroatoms. The molecule has 0 amide bonds. The first-order valence-corrected chi connectivity index (χ1v) is 4.37. The lowest BCUT2D eigenvalue weighted by atomic mass is 9.82. The molecule has 0 saturated carbocycles. The van der Waals surface area contributed by atoms with Crippen molar-refractivity contribution < 1.29 is 4.79 Å². The summed E-state index contributed by atoms with van der Waals surface area (Å²) in [7, 11) is 0. The average Bonchev–Trinajstić information content (AvgIpc) is 1.88. The lowest BCUT2D eigenvalue weighted by Crippen LogP contribution is -2.23. The van der Waals surface area contributed by atoms with Gasteiger partial charge < -0.3 is 0 Å². The Morgan fingerprint density at radius 2 is 2.00 bits per heavy atom. The molecule has 0 fully saturated rings. The van der Waals surface area contributed by atoms with Crippen molar-refractivity contribution in [2.45, 2.75) is 46.5 Å². The zero-order valence-electron chi connectivity index (χ0n) is 7.94. The molecule has 0 saturated heterocycles. The summed E-state index contributed by atoms with van der Waals surface area (Å²) in [6.45, 7) is 9.82. The highest BCUT2D eigenvalue weighted by molar-refractivity contribution is 5.83. The number of rotatable bonds is 5. The largest absolute Gasteiger partial charge is 0.299 e. The standard InChI is InChI=1S/C10H19O/c1-5-7-9(11)10(3,4)8-6-2/h2,5-8H2,1,3-4H3. The molecule has 0 spiro atoms. The fourth-order valence-electron chi connectivity index (χ4n) is 1.15. The molecule has 1 radical (unpaired) electrons. The van der Waals surface area contributed by atoms with E-state index in [-0.39, 0.29) is 5.41 Å². The summed E-state index contributed by atoms with van der Waals surface area (Å²) in [6, 6.07) is 0. The van der Waals surface area contributed by atoms with Gasteiger partial charge in [-0.25, -0.2) is 0 Å². The molecule has 0 aromatic carbocycles. The van der Waals surface area contributed by atoms with Crippen molar-refractivity contribution in [3.05, 3.63) is 6.92 Å². The third-order valence-corrected chi connectivity index (χ3v) is 2.03. The molecule has 11 heavy (non-hydrogen) atoms. The van der Waals surface area contributed by atoms with Crippen molar-refractivity contribution in [2.24, 2.45) is 5.41 Å². The number of carbonyl (C=O) groups excluding carboxylic acids is 1. The first-order valence-electron chi connectivity index (χ1n) is 4.37. The Bertz CT molecular complexity index is 125. The fraction of sp³-hybridized carbons (Fsp3) is 0.800. The summed E-state index contributed by atoms with van der Waals surface area (Å²) < 4.78 is 0. The van der Waals surface area contributed by atoms with Gasteiger partial charge in [-0.3, -0.25) is 4.79 Å². The minimum absolute atomic E-state index is 0.141. The van der Waals surface area contributed by atoms with Crippen LogP contribution in [0.1, 0.15) is 46.5 Å². The highest BCUT2D eigenvalue weighted by atomic mass is 16.1. The minimum Gasteiger partial charge on any atom is -0.299 e. The van der Waals surface area contributed by atoms with Crippen LogP contribution in [0.4, 0.5) is 0 Å². The van der Waals surface area contributed by atoms with Crippen molar-refractivity contribution >= 4 is 5.78 Å². The lowest BCUT2D eigenvalue weighted by molar-refractivity contribution is -0.127. The van der Waals surface area contributed by atoms with E-state index in [1.165, 1.54) is 0 Å². The molecule has 0 unspecified atom stereocenters. The van der Waals surface area contributed by atoms with E-state index >= 15 is 0 Å².